The van der Waals surface area contributed by atoms with E-state index in [4.69, 9.17) is 19.4 Å². The van der Waals surface area contributed by atoms with E-state index >= 15 is 0 Å². The van der Waals surface area contributed by atoms with Gasteiger partial charge in [0.2, 0.25) is 17.8 Å². The second-order valence-corrected chi connectivity index (χ2v) is 20.4. The van der Waals surface area contributed by atoms with Crippen LogP contribution in [0.25, 0.3) is 0 Å². The number of carbonyl (C=O) groups is 3. The number of ether oxygens (including phenoxy) is 2. The maximum absolute atomic E-state index is 14.5. The van der Waals surface area contributed by atoms with Crippen LogP contribution in [0, 0.1) is 0 Å². The molecule has 0 unspecified atom stereocenters. The molecule has 0 saturated carbocycles. The summed E-state index contributed by atoms with van der Waals surface area (Å²) in [6.45, 7) is 14.2. The summed E-state index contributed by atoms with van der Waals surface area (Å²) >= 11 is 0. The molecule has 0 fully saturated rings. The topological polar surface area (TPSA) is 239 Å². The van der Waals surface area contributed by atoms with Crippen LogP contribution in [0.1, 0.15) is 75.8 Å². The van der Waals surface area contributed by atoms with Gasteiger partial charge in [-0.3, -0.25) is 24.4 Å². The number of aryl methyl sites for hydroxylation is 1. The van der Waals surface area contributed by atoms with Gasteiger partial charge in [-0.1, -0.05) is 54.6 Å². The number of nitrogens with zero attached hydrogens (tertiary/aromatic N) is 12. The van der Waals surface area contributed by atoms with Crippen LogP contribution in [0.3, 0.4) is 0 Å². The summed E-state index contributed by atoms with van der Waals surface area (Å²) in [5.41, 5.74) is 13.1. The first-order valence-corrected chi connectivity index (χ1v) is 29.3. The van der Waals surface area contributed by atoms with Gasteiger partial charge in [-0.25, -0.2) is 25.8 Å². The van der Waals surface area contributed by atoms with E-state index < -0.39 is 0 Å². The van der Waals surface area contributed by atoms with Crippen molar-refractivity contribution >= 4 is 70.5 Å². The Hall–Kier alpha value is -9.19. The molecule has 0 aliphatic carbocycles. The van der Waals surface area contributed by atoms with Gasteiger partial charge in [0.1, 0.15) is 35.1 Å². The van der Waals surface area contributed by atoms with E-state index in [1.54, 1.807) is 28.4 Å². The number of carbonyl (C=O) groups excluding carboxylic acids is 3. The average molecular weight is 1160 g/mol. The molecular weight excluding hydrogens is 1080 g/mol. The third-order valence-electron chi connectivity index (χ3n) is 14.3. The van der Waals surface area contributed by atoms with E-state index in [2.05, 4.69) is 100 Å². The Morgan fingerprint density at radius 2 is 1.12 bits per heavy atom. The molecule has 7 aromatic rings. The normalized spacial score (nSPS) is 13.1. The van der Waals surface area contributed by atoms with Crippen LogP contribution in [0.5, 0.6) is 11.5 Å². The van der Waals surface area contributed by atoms with Gasteiger partial charge >= 0.3 is 0 Å². The summed E-state index contributed by atoms with van der Waals surface area (Å²) in [6.07, 6.45) is 7.98. The predicted molar refractivity (Wildman–Crippen MR) is 336 cm³/mol. The molecule has 23 heteroatoms. The molecule has 446 valence electrons. The summed E-state index contributed by atoms with van der Waals surface area (Å²) in [4.78, 5) is 75.7. The van der Waals surface area contributed by atoms with Gasteiger partial charge in [-0.05, 0) is 94.1 Å². The number of aldehydes is 1. The number of hydrazine groups is 2. The highest BCUT2D eigenvalue weighted by Gasteiger charge is 2.32. The Bertz CT molecular complexity index is 3320. The summed E-state index contributed by atoms with van der Waals surface area (Å²) < 4.78 is 12.5. The number of amides is 2. The Morgan fingerprint density at radius 3 is 1.73 bits per heavy atom. The molecule has 23 nitrogen and oxygen atoms in total. The molecule has 0 radical (unpaired) electrons. The maximum atomic E-state index is 14.5. The molecule has 5 heterocycles. The molecule has 3 aromatic heterocycles. The fourth-order valence-corrected chi connectivity index (χ4v) is 9.90. The zero-order valence-electron chi connectivity index (χ0n) is 49.3. The van der Waals surface area contributed by atoms with Gasteiger partial charge in [0.25, 0.3) is 11.8 Å². The molecule has 2 aliphatic heterocycles. The molecular formula is C62H78N18O5. The monoisotopic (exact) mass is 1150 g/mol. The third kappa shape index (κ3) is 16.1. The van der Waals surface area contributed by atoms with Crippen molar-refractivity contribution in [2.24, 2.45) is 0 Å². The molecule has 6 N–H and O–H groups in total. The average Bonchev–Trinajstić information content (AvgIpc) is 2.62. The number of hydrogen-bond acceptors (Lipinski definition) is 21. The van der Waals surface area contributed by atoms with Crippen LogP contribution in [-0.2, 0) is 13.0 Å². The zero-order chi connectivity index (χ0) is 59.3. The van der Waals surface area contributed by atoms with Crippen molar-refractivity contribution in [3.8, 4) is 11.5 Å². The lowest BCUT2D eigenvalue weighted by molar-refractivity contribution is 0.0981. The molecule has 2 aliphatic rings. The minimum atomic E-state index is -0.225. The van der Waals surface area contributed by atoms with Gasteiger partial charge in [0, 0.05) is 127 Å². The highest BCUT2D eigenvalue weighted by molar-refractivity contribution is 6.10. The quantitative estimate of drug-likeness (QED) is 0.0190. The Balaban J connectivity index is 0.786. The van der Waals surface area contributed by atoms with Crippen molar-refractivity contribution in [1.82, 2.24) is 46.1 Å². The van der Waals surface area contributed by atoms with E-state index in [1.165, 1.54) is 11.1 Å². The number of hydrogen-bond donors (Lipinski definition) is 6. The van der Waals surface area contributed by atoms with E-state index in [0.29, 0.717) is 153 Å². The number of aromatic nitrogens is 6. The molecule has 2 amide bonds. The van der Waals surface area contributed by atoms with Crippen molar-refractivity contribution in [3.63, 3.8) is 0 Å². The summed E-state index contributed by atoms with van der Waals surface area (Å²) in [6, 6.07) is 34.0. The van der Waals surface area contributed by atoms with Gasteiger partial charge < -0.3 is 50.3 Å². The number of likely N-dealkylation sites (N-methyl/N-ethyl adjacent to an activating group) is 2. The number of nitrogens with one attached hydrogen (secondary N) is 6. The van der Waals surface area contributed by atoms with Crippen molar-refractivity contribution < 1.29 is 23.9 Å². The van der Waals surface area contributed by atoms with E-state index in [-0.39, 0.29) is 18.4 Å². The van der Waals surface area contributed by atoms with E-state index in [0.717, 1.165) is 44.3 Å². The first-order valence-electron chi connectivity index (χ1n) is 29.3. The lowest BCUT2D eigenvalue weighted by atomic mass is 10.1. The van der Waals surface area contributed by atoms with E-state index in [1.807, 2.05) is 109 Å². The lowest BCUT2D eigenvalue weighted by Gasteiger charge is -2.26. The smallest absolute Gasteiger partial charge is 0.263 e. The first kappa shape index (κ1) is 60.4. The highest BCUT2D eigenvalue weighted by Crippen LogP contribution is 2.31. The molecule has 0 saturated heterocycles. The molecule has 0 atom stereocenters. The Morgan fingerprint density at radius 1 is 0.565 bits per heavy atom. The Labute approximate surface area is 497 Å². The minimum absolute atomic E-state index is 0.220. The van der Waals surface area contributed by atoms with Gasteiger partial charge in [0.05, 0.1) is 25.3 Å². The van der Waals surface area contributed by atoms with Crippen LogP contribution in [0.2, 0.25) is 0 Å². The largest absolute Gasteiger partial charge is 0.493 e. The lowest BCUT2D eigenvalue weighted by Crippen LogP contribution is -2.44. The Kier molecular flexibility index (Phi) is 21.6. The number of fused-ring (bicyclic) bond motifs is 2. The molecule has 0 spiro atoms. The van der Waals surface area contributed by atoms with Crippen LogP contribution < -0.4 is 71.2 Å². The van der Waals surface area contributed by atoms with Crippen molar-refractivity contribution in [2.45, 2.75) is 46.6 Å². The summed E-state index contributed by atoms with van der Waals surface area (Å²) in [7, 11) is 3.99. The second-order valence-electron chi connectivity index (χ2n) is 20.4. The van der Waals surface area contributed by atoms with Gasteiger partial charge in [0.15, 0.2) is 17.9 Å². The summed E-state index contributed by atoms with van der Waals surface area (Å²) in [5, 5.41) is 16.8. The third-order valence-corrected chi connectivity index (χ3v) is 14.3. The van der Waals surface area contributed by atoms with Gasteiger partial charge in [-0.15, -0.1) is 0 Å². The predicted octanol–water partition coefficient (Wildman–Crippen LogP) is 6.95. The zero-order valence-corrected chi connectivity index (χ0v) is 49.3. The van der Waals surface area contributed by atoms with Crippen molar-refractivity contribution in [2.75, 3.05) is 151 Å². The van der Waals surface area contributed by atoms with Crippen molar-refractivity contribution in [1.29, 1.82) is 0 Å². The fraction of sp³-hybridized carbons (Fsp3) is 0.371. The van der Waals surface area contributed by atoms with Crippen molar-refractivity contribution in [3.05, 3.63) is 150 Å². The first-order chi connectivity index (χ1) is 41.6. The number of benzene rings is 4. The maximum Gasteiger partial charge on any atom is 0.263 e. The van der Waals surface area contributed by atoms with Crippen LogP contribution in [0.15, 0.2) is 122 Å². The van der Waals surface area contributed by atoms with Crippen LogP contribution >= 0.6 is 0 Å². The van der Waals surface area contributed by atoms with Crippen LogP contribution in [0.4, 0.5) is 52.4 Å². The number of anilines is 9. The second kappa shape index (κ2) is 30.4. The van der Waals surface area contributed by atoms with Crippen LogP contribution in [-0.4, -0.2) is 154 Å². The summed E-state index contributed by atoms with van der Waals surface area (Å²) in [5.74, 6) is 3.72. The van der Waals surface area contributed by atoms with E-state index in [9.17, 15) is 14.4 Å². The highest BCUT2D eigenvalue weighted by atomic mass is 16.5. The molecule has 9 rings (SSSR count). The minimum Gasteiger partial charge on any atom is -0.493 e. The molecule has 4 aromatic carbocycles. The molecule has 85 heavy (non-hydrogen) atoms. The molecule has 0 bridgehead atoms. The van der Waals surface area contributed by atoms with Gasteiger partial charge in [-0.2, -0.15) is 15.0 Å². The number of rotatable bonds is 31. The fourth-order valence-electron chi connectivity index (χ4n) is 9.90. The SMILES string of the molecule is CCNc1ncc(C=O)c(N(C)CCN(C)c2cccc(CCCNN3CCN(c4cccc(OCCNN5CCN(c6cccc(OCCCNCc7ccccc7)c6)C(=O)c6cnc(NCC)nc65)c4)C(=O)c4cnc(NCC)nc43)c2)n1. The standard InChI is InChI=1S/C62H78N18O5/c1-6-64-60-67-41-47(44-81)55(72-60)76(5)30-29-75(4)48-21-12-19-45(37-48)20-15-27-70-79-33-31-77(58(82)53-42-68-61(65-7-2)73-56(53)79)50-23-14-25-52(39-50)85-36-28-71-80-34-32-78(59(83)54-43-69-62(66-8-3)74-57(54)80)49-22-13-24-51(38-49)84-35-16-26-63-40-46-17-10-9-11-18-46/h9-14,17-19,21-25,37-39,41-44,63,70-71H,6-8,15-16,20,26-36,40H2,1-5H3,(H,64,67,72)(H,65,68,73)(H,66,69,74).